The lowest BCUT2D eigenvalue weighted by Crippen LogP contribution is -2.42. The summed E-state index contributed by atoms with van der Waals surface area (Å²) < 4.78 is 7.32. The molecule has 0 saturated heterocycles. The molecule has 2 aromatic heterocycles. The third kappa shape index (κ3) is 2.75. The Labute approximate surface area is 141 Å². The van der Waals surface area contributed by atoms with Gasteiger partial charge in [-0.05, 0) is 12.1 Å². The quantitative estimate of drug-likeness (QED) is 0.656. The van der Waals surface area contributed by atoms with E-state index in [2.05, 4.69) is 9.97 Å². The molecule has 0 aliphatic heterocycles. The molecule has 0 atom stereocenters. The smallest absolute Gasteiger partial charge is 0.332 e. The van der Waals surface area contributed by atoms with E-state index in [0.29, 0.717) is 10.9 Å². The van der Waals surface area contributed by atoms with Crippen molar-refractivity contribution in [1.82, 2.24) is 19.1 Å². The first kappa shape index (κ1) is 16.4. The van der Waals surface area contributed by atoms with Crippen molar-refractivity contribution in [3.63, 3.8) is 0 Å². The Hall–Kier alpha value is -3.49. The Morgan fingerprint density at radius 1 is 1.16 bits per heavy atom. The lowest BCUT2D eigenvalue weighted by atomic mass is 10.2. The zero-order valence-electron chi connectivity index (χ0n) is 13.6. The minimum atomic E-state index is -0.762. The molecule has 0 amide bonds. The zero-order valence-corrected chi connectivity index (χ0v) is 13.6. The normalized spacial score (nSPS) is 10.8. The summed E-state index contributed by atoms with van der Waals surface area (Å²) in [6.07, 6.45) is 1.32. The monoisotopic (exact) mass is 341 g/mol. The molecule has 2 heterocycles. The molecule has 0 unspecified atom stereocenters. The van der Waals surface area contributed by atoms with Crippen molar-refractivity contribution < 1.29 is 9.53 Å². The third-order valence-electron chi connectivity index (χ3n) is 3.83. The number of nitrogens with two attached hydrogens (primary N) is 1. The minimum Gasteiger partial charge on any atom is -0.469 e. The van der Waals surface area contributed by atoms with E-state index in [1.54, 1.807) is 18.2 Å². The number of hydrogen-bond acceptors (Lipinski definition) is 7. The molecule has 25 heavy (non-hydrogen) atoms. The molecule has 3 rings (SSSR count). The first-order valence-corrected chi connectivity index (χ1v) is 7.33. The van der Waals surface area contributed by atoms with Gasteiger partial charge in [0, 0.05) is 14.1 Å². The van der Waals surface area contributed by atoms with E-state index in [1.807, 2.05) is 6.07 Å². The fraction of sp³-hybridized carbons (Fsp3) is 0.188. The third-order valence-corrected chi connectivity index (χ3v) is 3.83. The van der Waals surface area contributed by atoms with Crippen molar-refractivity contribution in [2.24, 2.45) is 14.1 Å². The standard InChI is InChI=1S/C16H15N5O4/c1-20-13(17)12(15(23)21(2)16(20)24)11(22)7-25-14-9-5-3-4-6-10(9)18-8-19-14/h3-6,8H,7,17H2,1-2H3. The molecule has 0 saturated carbocycles. The van der Waals surface area contributed by atoms with Crippen molar-refractivity contribution >= 4 is 22.5 Å². The molecule has 2 N–H and O–H groups in total. The fourth-order valence-corrected chi connectivity index (χ4v) is 2.42. The molecule has 0 bridgehead atoms. The number of carbonyl (C=O) groups is 1. The molecular weight excluding hydrogens is 326 g/mol. The molecule has 0 aliphatic carbocycles. The molecule has 3 aromatic rings. The highest BCUT2D eigenvalue weighted by molar-refractivity contribution is 6.00. The van der Waals surface area contributed by atoms with Crippen LogP contribution in [-0.2, 0) is 14.1 Å². The molecule has 9 heteroatoms. The number of nitrogen functional groups attached to an aromatic ring is 1. The number of nitrogens with zero attached hydrogens (tertiary/aromatic N) is 4. The van der Waals surface area contributed by atoms with Gasteiger partial charge in [-0.2, -0.15) is 0 Å². The highest BCUT2D eigenvalue weighted by atomic mass is 16.5. The zero-order chi connectivity index (χ0) is 18.1. The summed E-state index contributed by atoms with van der Waals surface area (Å²) in [6.45, 7) is -0.446. The van der Waals surface area contributed by atoms with Crippen LogP contribution in [0.3, 0.4) is 0 Å². The minimum absolute atomic E-state index is 0.200. The van der Waals surface area contributed by atoms with Crippen LogP contribution in [0.1, 0.15) is 10.4 Å². The van der Waals surface area contributed by atoms with Gasteiger partial charge in [-0.3, -0.25) is 18.7 Å². The van der Waals surface area contributed by atoms with Crippen LogP contribution in [0.2, 0.25) is 0 Å². The lowest BCUT2D eigenvalue weighted by molar-refractivity contribution is 0.0917. The number of benzene rings is 1. The maximum Gasteiger partial charge on any atom is 0.332 e. The van der Waals surface area contributed by atoms with Crippen LogP contribution >= 0.6 is 0 Å². The maximum atomic E-state index is 12.4. The second kappa shape index (κ2) is 6.19. The molecule has 9 nitrogen and oxygen atoms in total. The van der Waals surface area contributed by atoms with E-state index >= 15 is 0 Å². The number of rotatable bonds is 4. The average molecular weight is 341 g/mol. The Morgan fingerprint density at radius 2 is 1.88 bits per heavy atom. The second-order valence-corrected chi connectivity index (χ2v) is 5.37. The number of Topliss-reactive ketones (excluding diaryl/α,β-unsaturated/α-hetero) is 1. The second-order valence-electron chi connectivity index (χ2n) is 5.37. The maximum absolute atomic E-state index is 12.4. The topological polar surface area (TPSA) is 122 Å². The first-order chi connectivity index (χ1) is 11.9. The Balaban J connectivity index is 1.94. The van der Waals surface area contributed by atoms with Gasteiger partial charge in [0.05, 0.1) is 10.9 Å². The van der Waals surface area contributed by atoms with Gasteiger partial charge in [-0.15, -0.1) is 0 Å². The summed E-state index contributed by atoms with van der Waals surface area (Å²) in [5, 5.41) is 0.638. The van der Waals surface area contributed by atoms with Gasteiger partial charge < -0.3 is 10.5 Å². The lowest BCUT2D eigenvalue weighted by Gasteiger charge is -2.11. The predicted octanol–water partition coefficient (Wildman–Crippen LogP) is -0.129. The van der Waals surface area contributed by atoms with Gasteiger partial charge in [0.1, 0.15) is 17.7 Å². The van der Waals surface area contributed by atoms with E-state index < -0.39 is 23.6 Å². The summed E-state index contributed by atoms with van der Waals surface area (Å²) >= 11 is 0. The number of hydrogen-bond donors (Lipinski definition) is 1. The SMILES string of the molecule is Cn1c(N)c(C(=O)COc2ncnc3ccccc23)c(=O)n(C)c1=O. The molecule has 128 valence electrons. The predicted molar refractivity (Wildman–Crippen MR) is 90.7 cm³/mol. The summed E-state index contributed by atoms with van der Waals surface area (Å²) in [6, 6.07) is 7.15. The van der Waals surface area contributed by atoms with Crippen LogP contribution < -0.4 is 21.7 Å². The van der Waals surface area contributed by atoms with Crippen molar-refractivity contribution in [3.8, 4) is 5.88 Å². The van der Waals surface area contributed by atoms with Gasteiger partial charge in [0.15, 0.2) is 6.61 Å². The van der Waals surface area contributed by atoms with Crippen LogP contribution in [0.5, 0.6) is 5.88 Å². The average Bonchev–Trinajstić information content (AvgIpc) is 2.63. The number of anilines is 1. The fourth-order valence-electron chi connectivity index (χ4n) is 2.42. The van der Waals surface area contributed by atoms with E-state index in [-0.39, 0.29) is 17.3 Å². The molecular formula is C16H15N5O4. The van der Waals surface area contributed by atoms with Crippen molar-refractivity contribution in [2.45, 2.75) is 0 Å². The van der Waals surface area contributed by atoms with Gasteiger partial charge in [-0.1, -0.05) is 12.1 Å². The molecule has 0 radical (unpaired) electrons. The number of ether oxygens (including phenoxy) is 1. The number of para-hydroxylation sites is 1. The van der Waals surface area contributed by atoms with Gasteiger partial charge >= 0.3 is 5.69 Å². The van der Waals surface area contributed by atoms with Crippen molar-refractivity contribution in [1.29, 1.82) is 0 Å². The molecule has 0 spiro atoms. The van der Waals surface area contributed by atoms with Crippen LogP contribution in [-0.4, -0.2) is 31.5 Å². The van der Waals surface area contributed by atoms with Gasteiger partial charge in [0.25, 0.3) is 5.56 Å². The number of ketones is 1. The van der Waals surface area contributed by atoms with E-state index in [9.17, 15) is 14.4 Å². The van der Waals surface area contributed by atoms with Crippen LogP contribution in [0.25, 0.3) is 10.9 Å². The summed E-state index contributed by atoms with van der Waals surface area (Å²) in [5.41, 5.74) is 4.76. The van der Waals surface area contributed by atoms with Crippen LogP contribution in [0, 0.1) is 0 Å². The van der Waals surface area contributed by atoms with E-state index in [4.69, 9.17) is 10.5 Å². The molecule has 1 aromatic carbocycles. The Kier molecular flexibility index (Phi) is 4.05. The van der Waals surface area contributed by atoms with Crippen molar-refractivity contribution in [3.05, 3.63) is 57.0 Å². The number of aromatic nitrogens is 4. The number of carbonyl (C=O) groups excluding carboxylic acids is 1. The highest BCUT2D eigenvalue weighted by Crippen LogP contribution is 2.20. The summed E-state index contributed by atoms with van der Waals surface area (Å²) in [4.78, 5) is 44.5. The highest BCUT2D eigenvalue weighted by Gasteiger charge is 2.21. The Bertz CT molecular complexity index is 1090. The van der Waals surface area contributed by atoms with Gasteiger partial charge in [0.2, 0.25) is 11.7 Å². The number of fused-ring (bicyclic) bond motifs is 1. The largest absolute Gasteiger partial charge is 0.469 e. The first-order valence-electron chi connectivity index (χ1n) is 7.33. The van der Waals surface area contributed by atoms with Gasteiger partial charge in [-0.25, -0.2) is 14.8 Å². The van der Waals surface area contributed by atoms with Crippen LogP contribution in [0.15, 0.2) is 40.2 Å². The summed E-state index contributed by atoms with van der Waals surface area (Å²) in [7, 11) is 2.66. The van der Waals surface area contributed by atoms with E-state index in [1.165, 1.54) is 20.4 Å². The van der Waals surface area contributed by atoms with Crippen molar-refractivity contribution in [2.75, 3.05) is 12.3 Å². The summed E-state index contributed by atoms with van der Waals surface area (Å²) in [5.74, 6) is -0.621. The van der Waals surface area contributed by atoms with E-state index in [0.717, 1.165) is 9.13 Å². The van der Waals surface area contributed by atoms with Crippen LogP contribution in [0.4, 0.5) is 5.82 Å². The molecule has 0 fully saturated rings. The molecule has 0 aliphatic rings. The Morgan fingerprint density at radius 3 is 2.64 bits per heavy atom.